The molecule has 1 heterocycles. The van der Waals surface area contributed by atoms with Crippen LogP contribution >= 0.6 is 0 Å². The molecule has 0 saturated carbocycles. The lowest BCUT2D eigenvalue weighted by molar-refractivity contribution is -0.117. The van der Waals surface area contributed by atoms with Gasteiger partial charge < -0.3 is 19.9 Å². The lowest BCUT2D eigenvalue weighted by atomic mass is 10.1. The second-order valence-electron chi connectivity index (χ2n) is 7.14. The number of amides is 2. The van der Waals surface area contributed by atoms with Crippen LogP contribution in [-0.4, -0.2) is 61.8 Å². The van der Waals surface area contributed by atoms with Crippen LogP contribution in [-0.2, 0) is 4.79 Å². The van der Waals surface area contributed by atoms with E-state index < -0.39 is 5.91 Å². The third-order valence-corrected chi connectivity index (χ3v) is 4.73. The van der Waals surface area contributed by atoms with Crippen LogP contribution in [0.4, 0.5) is 11.4 Å². The SMILES string of the molecule is CN(C)CCOc1cccc(N2CCC(Nc3ccc(C(=O)NO)cc3)C2=O)c1. The molecule has 0 aliphatic carbocycles. The van der Waals surface area contributed by atoms with Crippen molar-refractivity contribution < 1.29 is 19.5 Å². The van der Waals surface area contributed by atoms with E-state index in [1.807, 2.05) is 43.3 Å². The first-order valence-electron chi connectivity index (χ1n) is 9.48. The molecule has 1 unspecified atom stereocenters. The standard InChI is InChI=1S/C21H26N4O4/c1-24(2)12-13-29-18-5-3-4-17(14-18)25-11-10-19(21(25)27)22-16-8-6-15(7-9-16)20(26)23-28/h3-9,14,19,22,28H,10-13H2,1-2H3,(H,23,26). The van der Waals surface area contributed by atoms with Gasteiger partial charge in [0, 0.05) is 36.1 Å². The first-order valence-corrected chi connectivity index (χ1v) is 9.48. The molecule has 2 aromatic carbocycles. The van der Waals surface area contributed by atoms with Gasteiger partial charge in [0.25, 0.3) is 5.91 Å². The van der Waals surface area contributed by atoms with Crippen molar-refractivity contribution in [1.29, 1.82) is 0 Å². The summed E-state index contributed by atoms with van der Waals surface area (Å²) < 4.78 is 5.77. The Bertz CT molecular complexity index is 854. The average molecular weight is 398 g/mol. The molecule has 0 aromatic heterocycles. The summed E-state index contributed by atoms with van der Waals surface area (Å²) in [6.45, 7) is 2.01. The maximum Gasteiger partial charge on any atom is 0.274 e. The number of carbonyl (C=O) groups is 2. The number of benzene rings is 2. The van der Waals surface area contributed by atoms with Crippen molar-refractivity contribution in [2.75, 3.05) is 44.0 Å². The number of rotatable bonds is 8. The number of nitrogens with one attached hydrogen (secondary N) is 2. The van der Waals surface area contributed by atoms with E-state index in [-0.39, 0.29) is 11.9 Å². The molecule has 1 saturated heterocycles. The van der Waals surface area contributed by atoms with Gasteiger partial charge in [-0.3, -0.25) is 14.8 Å². The Balaban J connectivity index is 1.61. The summed E-state index contributed by atoms with van der Waals surface area (Å²) in [5, 5.41) is 11.9. The van der Waals surface area contributed by atoms with Crippen molar-refractivity contribution in [3.05, 3.63) is 54.1 Å². The summed E-state index contributed by atoms with van der Waals surface area (Å²) in [5.41, 5.74) is 3.48. The lowest BCUT2D eigenvalue weighted by Crippen LogP contribution is -2.33. The molecule has 1 aliphatic rings. The molecule has 1 atom stereocenters. The van der Waals surface area contributed by atoms with Crippen LogP contribution in [0.2, 0.25) is 0 Å². The van der Waals surface area contributed by atoms with Gasteiger partial charge in [0.1, 0.15) is 18.4 Å². The minimum absolute atomic E-state index is 0.00683. The molecular weight excluding hydrogens is 372 g/mol. The summed E-state index contributed by atoms with van der Waals surface area (Å²) in [5.74, 6) is 0.159. The number of likely N-dealkylation sites (N-methyl/N-ethyl adjacent to an activating group) is 1. The third-order valence-electron chi connectivity index (χ3n) is 4.73. The Morgan fingerprint density at radius 2 is 2.00 bits per heavy atom. The van der Waals surface area contributed by atoms with E-state index in [0.29, 0.717) is 25.1 Å². The van der Waals surface area contributed by atoms with Crippen LogP contribution in [0.1, 0.15) is 16.8 Å². The zero-order valence-corrected chi connectivity index (χ0v) is 16.6. The highest BCUT2D eigenvalue weighted by molar-refractivity contribution is 6.01. The molecule has 2 amide bonds. The van der Waals surface area contributed by atoms with Crippen LogP contribution < -0.4 is 20.4 Å². The molecule has 0 radical (unpaired) electrons. The zero-order chi connectivity index (χ0) is 20.8. The summed E-state index contributed by atoms with van der Waals surface area (Å²) in [4.78, 5) is 28.1. The third kappa shape index (κ3) is 5.24. The van der Waals surface area contributed by atoms with E-state index in [1.54, 1.807) is 34.6 Å². The molecule has 2 aromatic rings. The maximum atomic E-state index is 12.9. The molecule has 1 fully saturated rings. The molecule has 154 valence electrons. The van der Waals surface area contributed by atoms with E-state index in [4.69, 9.17) is 9.94 Å². The summed E-state index contributed by atoms with van der Waals surface area (Å²) in [6.07, 6.45) is 0.670. The zero-order valence-electron chi connectivity index (χ0n) is 16.6. The van der Waals surface area contributed by atoms with Crippen LogP contribution in [0.5, 0.6) is 5.75 Å². The van der Waals surface area contributed by atoms with Crippen LogP contribution in [0, 0.1) is 0 Å². The minimum Gasteiger partial charge on any atom is -0.492 e. The highest BCUT2D eigenvalue weighted by Gasteiger charge is 2.32. The lowest BCUT2D eigenvalue weighted by Gasteiger charge is -2.19. The number of carbonyl (C=O) groups excluding carboxylic acids is 2. The Morgan fingerprint density at radius 1 is 1.24 bits per heavy atom. The molecule has 0 bridgehead atoms. The van der Waals surface area contributed by atoms with Gasteiger partial charge in [0.2, 0.25) is 5.91 Å². The van der Waals surface area contributed by atoms with E-state index >= 15 is 0 Å². The molecule has 8 heteroatoms. The fraction of sp³-hybridized carbons (Fsp3) is 0.333. The normalized spacial score (nSPS) is 16.2. The highest BCUT2D eigenvalue weighted by atomic mass is 16.5. The first-order chi connectivity index (χ1) is 14.0. The second-order valence-corrected chi connectivity index (χ2v) is 7.14. The van der Waals surface area contributed by atoms with Crippen molar-refractivity contribution >= 4 is 23.2 Å². The molecule has 29 heavy (non-hydrogen) atoms. The van der Waals surface area contributed by atoms with E-state index in [0.717, 1.165) is 23.7 Å². The Hall–Kier alpha value is -3.10. The van der Waals surface area contributed by atoms with Crippen molar-refractivity contribution in [2.45, 2.75) is 12.5 Å². The van der Waals surface area contributed by atoms with Crippen molar-refractivity contribution in [2.24, 2.45) is 0 Å². The largest absolute Gasteiger partial charge is 0.492 e. The molecule has 3 N–H and O–H groups in total. The smallest absolute Gasteiger partial charge is 0.274 e. The van der Waals surface area contributed by atoms with Gasteiger partial charge in [-0.2, -0.15) is 0 Å². The number of anilines is 2. The van der Waals surface area contributed by atoms with E-state index in [9.17, 15) is 9.59 Å². The summed E-state index contributed by atoms with van der Waals surface area (Å²) in [6, 6.07) is 13.8. The van der Waals surface area contributed by atoms with Crippen LogP contribution in [0.25, 0.3) is 0 Å². The van der Waals surface area contributed by atoms with Crippen LogP contribution in [0.3, 0.4) is 0 Å². The van der Waals surface area contributed by atoms with Gasteiger partial charge in [-0.05, 0) is 56.9 Å². The van der Waals surface area contributed by atoms with Crippen molar-refractivity contribution in [1.82, 2.24) is 10.4 Å². The molecular formula is C21H26N4O4. The summed E-state index contributed by atoms with van der Waals surface area (Å²) >= 11 is 0. The molecule has 8 nitrogen and oxygen atoms in total. The molecule has 1 aliphatic heterocycles. The van der Waals surface area contributed by atoms with Crippen molar-refractivity contribution in [3.63, 3.8) is 0 Å². The Morgan fingerprint density at radius 3 is 2.69 bits per heavy atom. The maximum absolute atomic E-state index is 12.9. The molecule has 3 rings (SSSR count). The summed E-state index contributed by atoms with van der Waals surface area (Å²) in [7, 11) is 3.98. The van der Waals surface area contributed by atoms with Gasteiger partial charge in [0.15, 0.2) is 0 Å². The number of hydrogen-bond donors (Lipinski definition) is 3. The fourth-order valence-corrected chi connectivity index (χ4v) is 3.14. The highest BCUT2D eigenvalue weighted by Crippen LogP contribution is 2.27. The number of hydrogen-bond acceptors (Lipinski definition) is 6. The number of nitrogens with zero attached hydrogens (tertiary/aromatic N) is 2. The van der Waals surface area contributed by atoms with Gasteiger partial charge in [-0.15, -0.1) is 0 Å². The van der Waals surface area contributed by atoms with E-state index in [2.05, 4.69) is 5.32 Å². The first kappa shape index (κ1) is 20.6. The topological polar surface area (TPSA) is 94.1 Å². The van der Waals surface area contributed by atoms with Gasteiger partial charge >= 0.3 is 0 Å². The average Bonchev–Trinajstić information content (AvgIpc) is 3.08. The number of ether oxygens (including phenoxy) is 1. The van der Waals surface area contributed by atoms with E-state index in [1.165, 1.54) is 0 Å². The number of hydroxylamine groups is 1. The Kier molecular flexibility index (Phi) is 6.69. The predicted molar refractivity (Wildman–Crippen MR) is 111 cm³/mol. The van der Waals surface area contributed by atoms with Crippen molar-refractivity contribution in [3.8, 4) is 5.75 Å². The Labute approximate surface area is 170 Å². The predicted octanol–water partition coefficient (Wildman–Crippen LogP) is 1.96. The van der Waals surface area contributed by atoms with Gasteiger partial charge in [-0.25, -0.2) is 5.48 Å². The monoisotopic (exact) mass is 398 g/mol. The fourth-order valence-electron chi connectivity index (χ4n) is 3.14. The van der Waals surface area contributed by atoms with Gasteiger partial charge in [0.05, 0.1) is 0 Å². The quantitative estimate of drug-likeness (QED) is 0.465. The minimum atomic E-state index is -0.577. The second kappa shape index (κ2) is 9.40. The van der Waals surface area contributed by atoms with Crippen LogP contribution in [0.15, 0.2) is 48.5 Å². The molecule has 0 spiro atoms. The van der Waals surface area contributed by atoms with Gasteiger partial charge in [-0.1, -0.05) is 6.07 Å².